The molecule has 92 valence electrons. The molecule has 0 fully saturated rings. The highest BCUT2D eigenvalue weighted by atomic mass is 19.4. The minimum Gasteiger partial charge on any atom is -0.388 e. The van der Waals surface area contributed by atoms with Crippen molar-refractivity contribution >= 4 is 0 Å². The van der Waals surface area contributed by atoms with Crippen LogP contribution in [-0.2, 0) is 6.18 Å². The van der Waals surface area contributed by atoms with Crippen LogP contribution in [0, 0.1) is 18.2 Å². The van der Waals surface area contributed by atoms with Crippen LogP contribution in [0.4, 0.5) is 17.6 Å². The highest BCUT2D eigenvalue weighted by Gasteiger charge is 2.34. The van der Waals surface area contributed by atoms with Crippen LogP contribution in [0.5, 0.6) is 0 Å². The summed E-state index contributed by atoms with van der Waals surface area (Å²) in [6, 6.07) is 2.42. The molecule has 0 saturated heterocycles. The van der Waals surface area contributed by atoms with Crippen molar-refractivity contribution in [3.63, 3.8) is 0 Å². The Balaban J connectivity index is 3.01. The second-order valence-electron chi connectivity index (χ2n) is 3.50. The normalized spacial score (nSPS) is 13.2. The lowest BCUT2D eigenvalue weighted by atomic mass is 10.0. The first kappa shape index (κ1) is 13.5. The number of aliphatic hydroxyl groups is 1. The summed E-state index contributed by atoms with van der Waals surface area (Å²) in [6.45, 7) is 0. The lowest BCUT2D eigenvalue weighted by Crippen LogP contribution is -2.10. The van der Waals surface area contributed by atoms with Gasteiger partial charge in [0, 0.05) is 6.42 Å². The van der Waals surface area contributed by atoms with Gasteiger partial charge in [0.2, 0.25) is 0 Å². The van der Waals surface area contributed by atoms with Gasteiger partial charge in [-0.15, -0.1) is 12.3 Å². The molecule has 0 aliphatic carbocycles. The van der Waals surface area contributed by atoms with E-state index in [-0.39, 0.29) is 18.4 Å². The van der Waals surface area contributed by atoms with Crippen LogP contribution in [0.15, 0.2) is 18.2 Å². The van der Waals surface area contributed by atoms with Crippen LogP contribution in [0.3, 0.4) is 0 Å². The molecule has 0 bridgehead atoms. The zero-order valence-corrected chi connectivity index (χ0v) is 8.76. The molecule has 1 nitrogen and oxygen atoms in total. The molecule has 0 aromatic heterocycles. The van der Waals surface area contributed by atoms with Gasteiger partial charge in [0.05, 0.1) is 11.7 Å². The maximum atomic E-state index is 12.9. The van der Waals surface area contributed by atoms with E-state index < -0.39 is 23.7 Å². The molecule has 0 radical (unpaired) electrons. The van der Waals surface area contributed by atoms with Gasteiger partial charge in [-0.1, -0.05) is 6.07 Å². The van der Waals surface area contributed by atoms with Crippen molar-refractivity contribution in [3.8, 4) is 12.3 Å². The van der Waals surface area contributed by atoms with E-state index in [2.05, 4.69) is 5.92 Å². The van der Waals surface area contributed by atoms with Gasteiger partial charge in [-0.2, -0.15) is 13.2 Å². The lowest BCUT2D eigenvalue weighted by Gasteiger charge is -2.13. The van der Waals surface area contributed by atoms with Gasteiger partial charge in [0.15, 0.2) is 0 Å². The summed E-state index contributed by atoms with van der Waals surface area (Å²) < 4.78 is 50.1. The smallest absolute Gasteiger partial charge is 0.388 e. The van der Waals surface area contributed by atoms with Crippen molar-refractivity contribution in [2.75, 3.05) is 0 Å². The van der Waals surface area contributed by atoms with E-state index in [1.807, 2.05) is 0 Å². The predicted molar refractivity (Wildman–Crippen MR) is 54.4 cm³/mol. The fourth-order valence-corrected chi connectivity index (χ4v) is 1.35. The first-order valence-electron chi connectivity index (χ1n) is 4.84. The van der Waals surface area contributed by atoms with Crippen LogP contribution in [0.25, 0.3) is 0 Å². The largest absolute Gasteiger partial charge is 0.419 e. The summed E-state index contributed by atoms with van der Waals surface area (Å²) in [5.41, 5.74) is -1.37. The molecule has 1 aromatic rings. The zero-order chi connectivity index (χ0) is 13.1. The van der Waals surface area contributed by atoms with Gasteiger partial charge in [0.25, 0.3) is 0 Å². The fraction of sp³-hybridized carbons (Fsp3) is 0.333. The van der Waals surface area contributed by atoms with Gasteiger partial charge in [0.1, 0.15) is 5.82 Å². The zero-order valence-electron chi connectivity index (χ0n) is 8.76. The van der Waals surface area contributed by atoms with Crippen molar-refractivity contribution in [2.45, 2.75) is 25.1 Å². The number of terminal acetylenes is 1. The van der Waals surface area contributed by atoms with Crippen LogP contribution in [-0.4, -0.2) is 5.11 Å². The number of hydrogen-bond acceptors (Lipinski definition) is 1. The van der Waals surface area contributed by atoms with Gasteiger partial charge < -0.3 is 5.11 Å². The molecular formula is C12H10F4O. The summed E-state index contributed by atoms with van der Waals surface area (Å²) >= 11 is 0. The van der Waals surface area contributed by atoms with Crippen molar-refractivity contribution in [1.82, 2.24) is 0 Å². The molecule has 0 aliphatic rings. The summed E-state index contributed by atoms with van der Waals surface area (Å²) in [4.78, 5) is 0. The van der Waals surface area contributed by atoms with E-state index in [0.717, 1.165) is 6.07 Å². The van der Waals surface area contributed by atoms with E-state index in [9.17, 15) is 22.7 Å². The molecule has 5 heteroatoms. The van der Waals surface area contributed by atoms with Crippen LogP contribution in [0.1, 0.15) is 30.1 Å². The molecular weight excluding hydrogens is 236 g/mol. The minimum atomic E-state index is -4.77. The Hall–Kier alpha value is -1.54. The summed E-state index contributed by atoms with van der Waals surface area (Å²) in [5, 5.41) is 9.55. The molecule has 0 spiro atoms. The summed E-state index contributed by atoms with van der Waals surface area (Å²) in [7, 11) is 0. The first-order chi connectivity index (χ1) is 7.86. The average Bonchev–Trinajstić information content (AvgIpc) is 2.25. The first-order valence-corrected chi connectivity index (χ1v) is 4.84. The molecule has 0 saturated carbocycles. The van der Waals surface area contributed by atoms with Crippen LogP contribution < -0.4 is 0 Å². The lowest BCUT2D eigenvalue weighted by molar-refractivity contribution is -0.140. The maximum Gasteiger partial charge on any atom is 0.419 e. The Kier molecular flexibility index (Phi) is 4.13. The van der Waals surface area contributed by atoms with Crippen LogP contribution in [0.2, 0.25) is 0 Å². The number of benzene rings is 1. The third kappa shape index (κ3) is 3.46. The van der Waals surface area contributed by atoms with Crippen LogP contribution >= 0.6 is 0 Å². The van der Waals surface area contributed by atoms with Gasteiger partial charge in [-0.05, 0) is 24.1 Å². The molecule has 1 N–H and O–H groups in total. The van der Waals surface area contributed by atoms with E-state index in [0.29, 0.717) is 12.1 Å². The molecule has 1 aromatic carbocycles. The average molecular weight is 246 g/mol. The second kappa shape index (κ2) is 5.19. The Bertz CT molecular complexity index is 431. The van der Waals surface area contributed by atoms with Crippen molar-refractivity contribution in [1.29, 1.82) is 0 Å². The monoisotopic (exact) mass is 246 g/mol. The van der Waals surface area contributed by atoms with E-state index in [1.165, 1.54) is 0 Å². The third-order valence-electron chi connectivity index (χ3n) is 2.24. The van der Waals surface area contributed by atoms with E-state index >= 15 is 0 Å². The second-order valence-corrected chi connectivity index (χ2v) is 3.50. The van der Waals surface area contributed by atoms with Gasteiger partial charge in [-0.25, -0.2) is 4.39 Å². The van der Waals surface area contributed by atoms with Gasteiger partial charge in [-0.3, -0.25) is 0 Å². The summed E-state index contributed by atoms with van der Waals surface area (Å²) in [5.74, 6) is 0.912. The standard InChI is InChI=1S/C12H10F4O/c1-2-3-4-11(17)8-5-6-10(13)9(7-8)12(14,15)16/h1,5-7,11,17H,3-4H2. The molecule has 0 amide bonds. The molecule has 1 rings (SSSR count). The van der Waals surface area contributed by atoms with E-state index in [1.54, 1.807) is 0 Å². The highest BCUT2D eigenvalue weighted by Crippen LogP contribution is 2.33. The predicted octanol–water partition coefficient (Wildman–Crippen LogP) is 3.29. The SMILES string of the molecule is C#CCCC(O)c1ccc(F)c(C(F)(F)F)c1. The number of aliphatic hydroxyl groups excluding tert-OH is 1. The Labute approximate surface area is 96.1 Å². The van der Waals surface area contributed by atoms with Crippen molar-refractivity contribution in [3.05, 3.63) is 35.1 Å². The topological polar surface area (TPSA) is 20.2 Å². The number of halogens is 4. The Morgan fingerprint density at radius 3 is 2.53 bits per heavy atom. The number of rotatable bonds is 3. The quantitative estimate of drug-likeness (QED) is 0.641. The molecule has 1 unspecified atom stereocenters. The third-order valence-corrected chi connectivity index (χ3v) is 2.24. The molecule has 1 atom stereocenters. The number of alkyl halides is 3. The number of hydrogen-bond donors (Lipinski definition) is 1. The Morgan fingerprint density at radius 2 is 2.00 bits per heavy atom. The highest BCUT2D eigenvalue weighted by molar-refractivity contribution is 5.28. The molecule has 17 heavy (non-hydrogen) atoms. The summed E-state index contributed by atoms with van der Waals surface area (Å²) in [6.07, 6.45) is -0.538. The fourth-order valence-electron chi connectivity index (χ4n) is 1.35. The van der Waals surface area contributed by atoms with E-state index in [4.69, 9.17) is 6.42 Å². The van der Waals surface area contributed by atoms with Crippen molar-refractivity contribution < 1.29 is 22.7 Å². The minimum absolute atomic E-state index is 0.00831. The van der Waals surface area contributed by atoms with Crippen molar-refractivity contribution in [2.24, 2.45) is 0 Å². The van der Waals surface area contributed by atoms with Gasteiger partial charge >= 0.3 is 6.18 Å². The molecule has 0 aliphatic heterocycles. The Morgan fingerprint density at radius 1 is 1.35 bits per heavy atom. The maximum absolute atomic E-state index is 12.9. The molecule has 0 heterocycles.